The number of carbonyl (C=O) groups excluding carboxylic acids is 1. The first kappa shape index (κ1) is 18.4. The zero-order chi connectivity index (χ0) is 19.2. The topological polar surface area (TPSA) is 83.6 Å². The van der Waals surface area contributed by atoms with Crippen LogP contribution in [0.25, 0.3) is 17.0 Å². The summed E-state index contributed by atoms with van der Waals surface area (Å²) in [5.41, 5.74) is 2.85. The molecule has 0 fully saturated rings. The fraction of sp³-hybridized carbons (Fsp3) is 0.190. The maximum absolute atomic E-state index is 12.0. The highest BCUT2D eigenvalue weighted by Crippen LogP contribution is 2.28. The number of aromatic nitrogens is 1. The highest BCUT2D eigenvalue weighted by atomic mass is 16.5. The van der Waals surface area contributed by atoms with Gasteiger partial charge in [-0.15, -0.1) is 0 Å². The third-order valence-corrected chi connectivity index (χ3v) is 4.28. The van der Waals surface area contributed by atoms with E-state index in [0.717, 1.165) is 22.0 Å². The van der Waals surface area contributed by atoms with Crippen LogP contribution in [0.5, 0.6) is 17.2 Å². The minimum Gasteiger partial charge on any atom is -0.508 e. The summed E-state index contributed by atoms with van der Waals surface area (Å²) >= 11 is 0. The number of fused-ring (bicyclic) bond motifs is 1. The van der Waals surface area contributed by atoms with Gasteiger partial charge < -0.3 is 24.9 Å². The summed E-state index contributed by atoms with van der Waals surface area (Å²) in [6, 6.07) is 10.6. The molecule has 0 aliphatic heterocycles. The van der Waals surface area contributed by atoms with Gasteiger partial charge in [0.2, 0.25) is 5.91 Å². The molecule has 0 saturated carbocycles. The molecule has 0 bridgehead atoms. The molecule has 1 heterocycles. The number of aromatic amines is 1. The first-order valence-corrected chi connectivity index (χ1v) is 8.57. The van der Waals surface area contributed by atoms with Crippen molar-refractivity contribution >= 4 is 22.9 Å². The Balaban J connectivity index is 1.56. The van der Waals surface area contributed by atoms with Gasteiger partial charge in [0.15, 0.2) is 11.5 Å². The standard InChI is InChI=1S/C21H22N2O4/c1-26-19-7-3-14(11-20(19)27-2)4-8-21(25)22-10-9-15-13-23-18-6-5-16(24)12-17(15)18/h3-8,11-13,23-24H,9-10H2,1-2H3,(H,22,25)/b8-4+. The zero-order valence-electron chi connectivity index (χ0n) is 15.3. The van der Waals surface area contributed by atoms with Crippen molar-refractivity contribution in [1.29, 1.82) is 0 Å². The van der Waals surface area contributed by atoms with E-state index in [4.69, 9.17) is 9.47 Å². The summed E-state index contributed by atoms with van der Waals surface area (Å²) in [4.78, 5) is 15.2. The van der Waals surface area contributed by atoms with Crippen LogP contribution in [-0.2, 0) is 11.2 Å². The fourth-order valence-electron chi connectivity index (χ4n) is 2.88. The van der Waals surface area contributed by atoms with Crippen molar-refractivity contribution in [2.45, 2.75) is 6.42 Å². The Bertz CT molecular complexity index is 975. The Morgan fingerprint density at radius 3 is 2.74 bits per heavy atom. The predicted molar refractivity (Wildman–Crippen MR) is 105 cm³/mol. The second kappa shape index (κ2) is 8.31. The zero-order valence-corrected chi connectivity index (χ0v) is 15.3. The van der Waals surface area contributed by atoms with Crippen LogP contribution in [-0.4, -0.2) is 36.8 Å². The molecule has 6 heteroatoms. The Morgan fingerprint density at radius 2 is 1.96 bits per heavy atom. The van der Waals surface area contributed by atoms with Crippen LogP contribution in [0.3, 0.4) is 0 Å². The van der Waals surface area contributed by atoms with Crippen molar-refractivity contribution in [3.63, 3.8) is 0 Å². The Hall–Kier alpha value is -3.41. The SMILES string of the molecule is COc1ccc(/C=C/C(=O)NCCc2c[nH]c3ccc(O)cc23)cc1OC. The first-order chi connectivity index (χ1) is 13.1. The van der Waals surface area contributed by atoms with Crippen molar-refractivity contribution in [3.05, 3.63) is 59.8 Å². The van der Waals surface area contributed by atoms with Crippen LogP contribution < -0.4 is 14.8 Å². The molecule has 0 radical (unpaired) electrons. The maximum Gasteiger partial charge on any atom is 0.244 e. The van der Waals surface area contributed by atoms with Crippen LogP contribution >= 0.6 is 0 Å². The van der Waals surface area contributed by atoms with E-state index in [1.54, 1.807) is 44.6 Å². The van der Waals surface area contributed by atoms with Gasteiger partial charge >= 0.3 is 0 Å². The number of rotatable bonds is 7. The van der Waals surface area contributed by atoms with E-state index in [0.29, 0.717) is 24.5 Å². The molecule has 140 valence electrons. The molecule has 0 unspecified atom stereocenters. The number of phenols is 1. The highest BCUT2D eigenvalue weighted by molar-refractivity contribution is 5.92. The van der Waals surface area contributed by atoms with E-state index in [1.807, 2.05) is 18.3 Å². The summed E-state index contributed by atoms with van der Waals surface area (Å²) in [7, 11) is 3.15. The lowest BCUT2D eigenvalue weighted by atomic mass is 10.1. The van der Waals surface area contributed by atoms with Gasteiger partial charge in [-0.05, 0) is 54.0 Å². The molecule has 27 heavy (non-hydrogen) atoms. The van der Waals surface area contributed by atoms with E-state index < -0.39 is 0 Å². The summed E-state index contributed by atoms with van der Waals surface area (Å²) in [6.45, 7) is 0.498. The molecule has 3 N–H and O–H groups in total. The van der Waals surface area contributed by atoms with Gasteiger partial charge in [0.1, 0.15) is 5.75 Å². The number of carbonyl (C=O) groups is 1. The van der Waals surface area contributed by atoms with Crippen molar-refractivity contribution < 1.29 is 19.4 Å². The largest absolute Gasteiger partial charge is 0.508 e. The Labute approximate surface area is 157 Å². The Kier molecular flexibility index (Phi) is 5.66. The Morgan fingerprint density at radius 1 is 1.15 bits per heavy atom. The third kappa shape index (κ3) is 4.41. The van der Waals surface area contributed by atoms with Gasteiger partial charge in [-0.25, -0.2) is 0 Å². The number of ether oxygens (including phenoxy) is 2. The molecule has 6 nitrogen and oxygen atoms in total. The molecule has 1 amide bonds. The number of benzene rings is 2. The van der Waals surface area contributed by atoms with Gasteiger partial charge in [0, 0.05) is 29.7 Å². The van der Waals surface area contributed by atoms with Crippen molar-refractivity contribution in [1.82, 2.24) is 10.3 Å². The van der Waals surface area contributed by atoms with Crippen molar-refractivity contribution in [2.75, 3.05) is 20.8 Å². The average Bonchev–Trinajstić information content (AvgIpc) is 3.08. The lowest BCUT2D eigenvalue weighted by Gasteiger charge is -2.07. The van der Waals surface area contributed by atoms with Crippen LogP contribution in [0.1, 0.15) is 11.1 Å². The van der Waals surface area contributed by atoms with Gasteiger partial charge in [0.25, 0.3) is 0 Å². The first-order valence-electron chi connectivity index (χ1n) is 8.57. The molecule has 0 spiro atoms. The van der Waals surface area contributed by atoms with Gasteiger partial charge in [-0.2, -0.15) is 0 Å². The minimum atomic E-state index is -0.174. The molecular formula is C21H22N2O4. The van der Waals surface area contributed by atoms with Crippen molar-refractivity contribution in [3.8, 4) is 17.2 Å². The van der Waals surface area contributed by atoms with Gasteiger partial charge in [-0.1, -0.05) is 6.07 Å². The van der Waals surface area contributed by atoms with Crippen LogP contribution in [0.15, 0.2) is 48.7 Å². The number of amides is 1. The number of hydrogen-bond donors (Lipinski definition) is 3. The van der Waals surface area contributed by atoms with E-state index >= 15 is 0 Å². The smallest absolute Gasteiger partial charge is 0.244 e. The summed E-state index contributed by atoms with van der Waals surface area (Å²) in [5, 5.41) is 13.5. The predicted octanol–water partition coefficient (Wildman–Crippen LogP) is 3.26. The monoisotopic (exact) mass is 366 g/mol. The van der Waals surface area contributed by atoms with E-state index in [-0.39, 0.29) is 11.7 Å². The number of hydrogen-bond acceptors (Lipinski definition) is 4. The van der Waals surface area contributed by atoms with E-state index in [2.05, 4.69) is 10.3 Å². The number of nitrogens with one attached hydrogen (secondary N) is 2. The highest BCUT2D eigenvalue weighted by Gasteiger charge is 2.06. The quantitative estimate of drug-likeness (QED) is 0.561. The molecule has 0 aliphatic carbocycles. The molecular weight excluding hydrogens is 344 g/mol. The van der Waals surface area contributed by atoms with Crippen LogP contribution in [0.4, 0.5) is 0 Å². The van der Waals surface area contributed by atoms with Crippen molar-refractivity contribution in [2.24, 2.45) is 0 Å². The number of phenolic OH excluding ortho intramolecular Hbond substituents is 1. The van der Waals surface area contributed by atoms with E-state index in [1.165, 1.54) is 6.08 Å². The van der Waals surface area contributed by atoms with Crippen LogP contribution in [0.2, 0.25) is 0 Å². The number of aromatic hydroxyl groups is 1. The molecule has 0 atom stereocenters. The maximum atomic E-state index is 12.0. The molecule has 3 aromatic rings. The molecule has 0 aliphatic rings. The van der Waals surface area contributed by atoms with E-state index in [9.17, 15) is 9.90 Å². The lowest BCUT2D eigenvalue weighted by molar-refractivity contribution is -0.116. The molecule has 2 aromatic carbocycles. The summed E-state index contributed by atoms with van der Waals surface area (Å²) in [6.07, 6.45) is 5.78. The summed E-state index contributed by atoms with van der Waals surface area (Å²) in [5.74, 6) is 1.31. The average molecular weight is 366 g/mol. The molecule has 0 saturated heterocycles. The fourth-order valence-corrected chi connectivity index (χ4v) is 2.88. The lowest BCUT2D eigenvalue weighted by Crippen LogP contribution is -2.23. The normalized spacial score (nSPS) is 11.0. The van der Waals surface area contributed by atoms with Gasteiger partial charge in [-0.3, -0.25) is 4.79 Å². The number of H-pyrrole nitrogens is 1. The second-order valence-electron chi connectivity index (χ2n) is 6.03. The third-order valence-electron chi connectivity index (χ3n) is 4.28. The molecule has 3 rings (SSSR count). The van der Waals surface area contributed by atoms with Crippen LogP contribution in [0, 0.1) is 0 Å². The number of methoxy groups -OCH3 is 2. The summed E-state index contributed by atoms with van der Waals surface area (Å²) < 4.78 is 10.4. The van der Waals surface area contributed by atoms with Gasteiger partial charge in [0.05, 0.1) is 14.2 Å². The molecule has 1 aromatic heterocycles. The second-order valence-corrected chi connectivity index (χ2v) is 6.03. The minimum absolute atomic E-state index is 0.174.